The molecule has 0 fully saturated rings. The van der Waals surface area contributed by atoms with E-state index in [0.29, 0.717) is 0 Å². The molecule has 0 atom stereocenters. The Bertz CT molecular complexity index is 2690. The third-order valence-corrected chi connectivity index (χ3v) is 10.0. The normalized spacial score (nSPS) is 11.5. The van der Waals surface area contributed by atoms with Crippen molar-refractivity contribution < 1.29 is 4.42 Å². The molecule has 0 bridgehead atoms. The minimum atomic E-state index is 0.850. The molecule has 0 radical (unpaired) electrons. The van der Waals surface area contributed by atoms with Gasteiger partial charge in [0.15, 0.2) is 5.58 Å². The fraction of sp³-hybridized carbons (Fsp3) is 0. The lowest BCUT2D eigenvalue weighted by atomic mass is 10.0. The summed E-state index contributed by atoms with van der Waals surface area (Å²) < 4.78 is 9.22. The monoisotopic (exact) mass is 652 g/mol. The largest absolute Gasteiger partial charge is 0.454 e. The van der Waals surface area contributed by atoms with Crippen molar-refractivity contribution in [2.75, 3.05) is 4.90 Å². The van der Waals surface area contributed by atoms with Gasteiger partial charge in [0.05, 0.1) is 27.8 Å². The predicted octanol–water partition coefficient (Wildman–Crippen LogP) is 13.5. The minimum absolute atomic E-state index is 0.850. The van der Waals surface area contributed by atoms with E-state index < -0.39 is 0 Å². The maximum absolute atomic E-state index is 6.87. The van der Waals surface area contributed by atoms with E-state index in [1.54, 1.807) is 0 Å². The molecule has 0 aliphatic heterocycles. The third kappa shape index (κ3) is 4.82. The summed E-state index contributed by atoms with van der Waals surface area (Å²) in [5, 5.41) is 4.61. The van der Waals surface area contributed by atoms with Gasteiger partial charge in [0, 0.05) is 27.5 Å². The number of nitrogens with zero attached hydrogens (tertiary/aromatic N) is 2. The second kappa shape index (κ2) is 11.9. The van der Waals surface area contributed by atoms with Crippen molar-refractivity contribution in [1.29, 1.82) is 0 Å². The van der Waals surface area contributed by atoms with E-state index in [0.717, 1.165) is 55.7 Å². The second-order valence-corrected chi connectivity index (χ2v) is 12.9. The van der Waals surface area contributed by atoms with Crippen LogP contribution in [-0.2, 0) is 0 Å². The molecule has 10 rings (SSSR count). The molecule has 51 heavy (non-hydrogen) atoms. The smallest absolute Gasteiger partial charge is 0.159 e. The van der Waals surface area contributed by atoms with Crippen LogP contribution in [0.15, 0.2) is 199 Å². The molecule has 240 valence electrons. The molecule has 8 aromatic carbocycles. The highest BCUT2D eigenvalue weighted by molar-refractivity contribution is 6.16. The van der Waals surface area contributed by atoms with Crippen LogP contribution in [0.4, 0.5) is 17.1 Å². The molecule has 0 spiro atoms. The zero-order chi connectivity index (χ0) is 33.7. The Kier molecular flexibility index (Phi) is 6.81. The Morgan fingerprint density at radius 3 is 1.41 bits per heavy atom. The van der Waals surface area contributed by atoms with Crippen LogP contribution >= 0.6 is 0 Å². The molecule has 0 aliphatic rings. The van der Waals surface area contributed by atoms with E-state index in [2.05, 4.69) is 204 Å². The number of aromatic nitrogens is 1. The molecule has 3 heteroatoms. The summed E-state index contributed by atoms with van der Waals surface area (Å²) in [6.45, 7) is 0. The molecule has 10 aromatic rings. The van der Waals surface area contributed by atoms with Crippen LogP contribution in [-0.4, -0.2) is 4.57 Å². The first-order chi connectivity index (χ1) is 25.3. The Morgan fingerprint density at radius 1 is 0.373 bits per heavy atom. The lowest BCUT2D eigenvalue weighted by Crippen LogP contribution is -2.10. The van der Waals surface area contributed by atoms with E-state index in [4.69, 9.17) is 4.42 Å². The molecule has 0 amide bonds. The van der Waals surface area contributed by atoms with Crippen LogP contribution in [0.25, 0.3) is 71.7 Å². The van der Waals surface area contributed by atoms with Crippen LogP contribution < -0.4 is 4.90 Å². The maximum atomic E-state index is 6.87. The van der Waals surface area contributed by atoms with Gasteiger partial charge in [-0.15, -0.1) is 0 Å². The number of rotatable bonds is 6. The van der Waals surface area contributed by atoms with Crippen LogP contribution in [0.2, 0.25) is 0 Å². The van der Waals surface area contributed by atoms with E-state index in [9.17, 15) is 0 Å². The van der Waals surface area contributed by atoms with Gasteiger partial charge < -0.3 is 13.9 Å². The fourth-order valence-corrected chi connectivity index (χ4v) is 7.65. The topological polar surface area (TPSA) is 21.3 Å². The van der Waals surface area contributed by atoms with Crippen molar-refractivity contribution in [2.45, 2.75) is 0 Å². The van der Waals surface area contributed by atoms with E-state index >= 15 is 0 Å². The first kappa shape index (κ1) is 29.1. The summed E-state index contributed by atoms with van der Waals surface area (Å²) >= 11 is 0. The van der Waals surface area contributed by atoms with Gasteiger partial charge in [-0.3, -0.25) is 0 Å². The van der Waals surface area contributed by atoms with Crippen molar-refractivity contribution in [3.8, 4) is 27.9 Å². The summed E-state index contributed by atoms with van der Waals surface area (Å²) in [6, 6.07) is 69.0. The van der Waals surface area contributed by atoms with Gasteiger partial charge in [-0.05, 0) is 76.9 Å². The lowest BCUT2D eigenvalue weighted by Gasteiger charge is -2.26. The molecule has 0 unspecified atom stereocenters. The van der Waals surface area contributed by atoms with Gasteiger partial charge >= 0.3 is 0 Å². The van der Waals surface area contributed by atoms with Crippen molar-refractivity contribution in [2.24, 2.45) is 0 Å². The van der Waals surface area contributed by atoms with Crippen LogP contribution in [0.1, 0.15) is 0 Å². The fourth-order valence-electron chi connectivity index (χ4n) is 7.65. The van der Waals surface area contributed by atoms with Gasteiger partial charge in [0.25, 0.3) is 0 Å². The van der Waals surface area contributed by atoms with Crippen molar-refractivity contribution in [1.82, 2.24) is 4.57 Å². The van der Waals surface area contributed by atoms with Gasteiger partial charge in [0.2, 0.25) is 0 Å². The summed E-state index contributed by atoms with van der Waals surface area (Å²) in [5.74, 6) is 0. The zero-order valence-electron chi connectivity index (χ0n) is 27.8. The van der Waals surface area contributed by atoms with Crippen molar-refractivity contribution >= 4 is 60.8 Å². The van der Waals surface area contributed by atoms with E-state index in [1.807, 2.05) is 0 Å². The number of hydrogen-bond acceptors (Lipinski definition) is 2. The number of fused-ring (bicyclic) bond motifs is 6. The standard InChI is InChI=1S/C48H32N2O/c1-3-13-33(14-4-1)35-25-29-37(30-26-35)49(38-31-27-36(28-32-38)34-15-5-2-6-16-34)44-22-12-24-46-47(44)41-19-11-23-45(48(41)51-46)50-42-20-9-7-17-39(42)40-18-8-10-21-43(40)50/h1-32H. The predicted molar refractivity (Wildman–Crippen MR) is 214 cm³/mol. The van der Waals surface area contributed by atoms with Crippen LogP contribution in [0.3, 0.4) is 0 Å². The Labute approximate surface area is 295 Å². The number of furan rings is 1. The summed E-state index contributed by atoms with van der Waals surface area (Å²) in [4.78, 5) is 2.36. The van der Waals surface area contributed by atoms with Gasteiger partial charge in [0.1, 0.15) is 5.58 Å². The third-order valence-electron chi connectivity index (χ3n) is 10.0. The molecular formula is C48H32N2O. The average molecular weight is 653 g/mol. The van der Waals surface area contributed by atoms with E-state index in [1.165, 1.54) is 33.0 Å². The number of para-hydroxylation sites is 3. The molecule has 0 N–H and O–H groups in total. The van der Waals surface area contributed by atoms with Gasteiger partial charge in [-0.2, -0.15) is 0 Å². The highest BCUT2D eigenvalue weighted by atomic mass is 16.3. The number of benzene rings is 8. The highest BCUT2D eigenvalue weighted by Crippen LogP contribution is 2.45. The molecule has 2 heterocycles. The van der Waals surface area contributed by atoms with Gasteiger partial charge in [-0.1, -0.05) is 140 Å². The Hall–Kier alpha value is -6.84. The minimum Gasteiger partial charge on any atom is -0.454 e. The molecule has 0 saturated carbocycles. The summed E-state index contributed by atoms with van der Waals surface area (Å²) in [7, 11) is 0. The van der Waals surface area contributed by atoms with Crippen LogP contribution in [0, 0.1) is 0 Å². The summed E-state index contributed by atoms with van der Waals surface area (Å²) in [6.07, 6.45) is 0. The van der Waals surface area contributed by atoms with E-state index in [-0.39, 0.29) is 0 Å². The maximum Gasteiger partial charge on any atom is 0.159 e. The lowest BCUT2D eigenvalue weighted by molar-refractivity contribution is 0.666. The molecule has 3 nitrogen and oxygen atoms in total. The first-order valence-electron chi connectivity index (χ1n) is 17.4. The van der Waals surface area contributed by atoms with Crippen molar-refractivity contribution in [3.05, 3.63) is 194 Å². The molecule has 2 aromatic heterocycles. The second-order valence-electron chi connectivity index (χ2n) is 12.9. The zero-order valence-corrected chi connectivity index (χ0v) is 27.8. The first-order valence-corrected chi connectivity index (χ1v) is 17.4. The van der Waals surface area contributed by atoms with Crippen LogP contribution in [0.5, 0.6) is 0 Å². The van der Waals surface area contributed by atoms with Gasteiger partial charge in [-0.25, -0.2) is 0 Å². The number of anilines is 3. The summed E-state index contributed by atoms with van der Waals surface area (Å²) in [5.41, 5.74) is 13.0. The Morgan fingerprint density at radius 2 is 0.843 bits per heavy atom. The molecular weight excluding hydrogens is 621 g/mol. The molecule has 0 aliphatic carbocycles. The average Bonchev–Trinajstić information content (AvgIpc) is 3.76. The van der Waals surface area contributed by atoms with Crippen molar-refractivity contribution in [3.63, 3.8) is 0 Å². The number of hydrogen-bond donors (Lipinski definition) is 0. The SMILES string of the molecule is c1ccc(-c2ccc(N(c3ccc(-c4ccccc4)cc3)c3cccc4oc5c(-n6c7ccccc7c7ccccc76)cccc5c34)cc2)cc1. The highest BCUT2D eigenvalue weighted by Gasteiger charge is 2.22. The molecule has 0 saturated heterocycles. The quantitative estimate of drug-likeness (QED) is 0.178. The Balaban J connectivity index is 1.19.